The number of rotatable bonds is 3. The lowest BCUT2D eigenvalue weighted by molar-refractivity contribution is 0.411. The first-order valence-electron chi connectivity index (χ1n) is 6.52. The van der Waals surface area contributed by atoms with E-state index in [-0.39, 0.29) is 0 Å². The number of benzene rings is 2. The Labute approximate surface area is 136 Å². The fourth-order valence-electron chi connectivity index (χ4n) is 2.48. The molecule has 5 heteroatoms. The van der Waals surface area contributed by atoms with Crippen molar-refractivity contribution in [2.24, 2.45) is 0 Å². The number of ether oxygens (including phenoxy) is 1. The first kappa shape index (κ1) is 14.4. The van der Waals surface area contributed by atoms with Crippen molar-refractivity contribution in [1.29, 1.82) is 0 Å². The molecule has 0 saturated heterocycles. The molecule has 0 aliphatic rings. The fourth-order valence-corrected chi connectivity index (χ4v) is 3.01. The minimum atomic E-state index is 0.359. The number of imidazole rings is 1. The minimum absolute atomic E-state index is 0.359. The van der Waals surface area contributed by atoms with Gasteiger partial charge in [0.2, 0.25) is 0 Å². The molecule has 3 rings (SSSR count). The van der Waals surface area contributed by atoms with Gasteiger partial charge in [0, 0.05) is 10.2 Å². The molecule has 108 valence electrons. The van der Waals surface area contributed by atoms with Gasteiger partial charge in [0.25, 0.3) is 0 Å². The maximum Gasteiger partial charge on any atom is 0.129 e. The van der Waals surface area contributed by atoms with Gasteiger partial charge in [-0.25, -0.2) is 4.98 Å². The zero-order valence-electron chi connectivity index (χ0n) is 11.7. The lowest BCUT2D eigenvalue weighted by Gasteiger charge is -2.11. The second-order valence-corrected chi connectivity index (χ2v) is 5.97. The Morgan fingerprint density at radius 3 is 2.71 bits per heavy atom. The van der Waals surface area contributed by atoms with E-state index in [9.17, 15) is 0 Å². The first-order valence-corrected chi connectivity index (χ1v) is 7.84. The van der Waals surface area contributed by atoms with Crippen LogP contribution in [-0.2, 0) is 5.88 Å². The number of aryl methyl sites for hydroxylation is 1. The van der Waals surface area contributed by atoms with Gasteiger partial charge < -0.3 is 4.74 Å². The van der Waals surface area contributed by atoms with E-state index >= 15 is 0 Å². The Morgan fingerprint density at radius 1 is 1.24 bits per heavy atom. The number of hydrogen-bond acceptors (Lipinski definition) is 2. The van der Waals surface area contributed by atoms with Crippen LogP contribution in [0.5, 0.6) is 5.75 Å². The lowest BCUT2D eigenvalue weighted by atomic mass is 10.2. The second-order valence-electron chi connectivity index (χ2n) is 4.78. The molecule has 0 amide bonds. The van der Waals surface area contributed by atoms with Crippen molar-refractivity contribution in [3.63, 3.8) is 0 Å². The summed E-state index contributed by atoms with van der Waals surface area (Å²) < 4.78 is 8.42. The molecular formula is C16H14BrClN2O. The molecule has 3 nitrogen and oxygen atoms in total. The van der Waals surface area contributed by atoms with Crippen LogP contribution in [0.25, 0.3) is 16.7 Å². The molecule has 1 heterocycles. The normalized spacial score (nSPS) is 11.0. The van der Waals surface area contributed by atoms with E-state index in [2.05, 4.69) is 37.6 Å². The molecule has 0 spiro atoms. The van der Waals surface area contributed by atoms with Crippen LogP contribution < -0.4 is 4.74 Å². The standard InChI is InChI=1S/C16H14BrClN2O/c1-10-7-12(4-6-15(10)21-2)20-14-8-11(17)3-5-13(14)19-16(20)9-18/h3-8H,9H2,1-2H3. The van der Waals surface area contributed by atoms with Crippen molar-refractivity contribution in [1.82, 2.24) is 9.55 Å². The Morgan fingerprint density at radius 2 is 2.05 bits per heavy atom. The predicted octanol–water partition coefficient (Wildman–Crippen LogP) is 4.84. The highest BCUT2D eigenvalue weighted by Gasteiger charge is 2.13. The molecule has 2 aromatic carbocycles. The summed E-state index contributed by atoms with van der Waals surface area (Å²) in [6, 6.07) is 12.1. The molecule has 0 fully saturated rings. The van der Waals surface area contributed by atoms with Crippen LogP contribution in [0, 0.1) is 6.92 Å². The van der Waals surface area contributed by atoms with Gasteiger partial charge >= 0.3 is 0 Å². The number of alkyl halides is 1. The minimum Gasteiger partial charge on any atom is -0.496 e. The number of halogens is 2. The summed E-state index contributed by atoms with van der Waals surface area (Å²) in [5.41, 5.74) is 4.07. The Balaban J connectivity index is 2.27. The molecule has 3 aromatic rings. The maximum absolute atomic E-state index is 6.07. The molecule has 0 unspecified atom stereocenters. The van der Waals surface area contributed by atoms with Gasteiger partial charge in [-0.3, -0.25) is 4.57 Å². The summed E-state index contributed by atoms with van der Waals surface area (Å²) in [4.78, 5) is 4.60. The van der Waals surface area contributed by atoms with E-state index in [1.165, 1.54) is 0 Å². The molecule has 21 heavy (non-hydrogen) atoms. The third-order valence-corrected chi connectivity index (χ3v) is 4.17. The highest BCUT2D eigenvalue weighted by atomic mass is 79.9. The first-order chi connectivity index (χ1) is 10.1. The second kappa shape index (κ2) is 5.70. The Bertz CT molecular complexity index is 813. The maximum atomic E-state index is 6.07. The van der Waals surface area contributed by atoms with Crippen LogP contribution in [0.1, 0.15) is 11.4 Å². The molecule has 0 radical (unpaired) electrons. The molecule has 0 atom stereocenters. The van der Waals surface area contributed by atoms with E-state index in [4.69, 9.17) is 16.3 Å². The van der Waals surface area contributed by atoms with Gasteiger partial charge in [0.05, 0.1) is 24.0 Å². The molecule has 0 N–H and O–H groups in total. The predicted molar refractivity (Wildman–Crippen MR) is 89.6 cm³/mol. The average Bonchev–Trinajstić information content (AvgIpc) is 2.84. The van der Waals surface area contributed by atoms with Crippen molar-refractivity contribution < 1.29 is 4.74 Å². The lowest BCUT2D eigenvalue weighted by Crippen LogP contribution is -2.00. The molecule has 0 aliphatic carbocycles. The molecular weight excluding hydrogens is 352 g/mol. The monoisotopic (exact) mass is 364 g/mol. The number of nitrogens with zero attached hydrogens (tertiary/aromatic N) is 2. The van der Waals surface area contributed by atoms with Gasteiger partial charge in [-0.1, -0.05) is 15.9 Å². The van der Waals surface area contributed by atoms with Crippen LogP contribution in [0.3, 0.4) is 0 Å². The highest BCUT2D eigenvalue weighted by molar-refractivity contribution is 9.10. The van der Waals surface area contributed by atoms with Crippen LogP contribution in [0.2, 0.25) is 0 Å². The Hall–Kier alpha value is -1.52. The van der Waals surface area contributed by atoms with Crippen molar-refractivity contribution in [3.05, 3.63) is 52.3 Å². The zero-order chi connectivity index (χ0) is 15.0. The van der Waals surface area contributed by atoms with Crippen molar-refractivity contribution in [2.75, 3.05) is 7.11 Å². The summed E-state index contributed by atoms with van der Waals surface area (Å²) in [7, 11) is 1.68. The van der Waals surface area contributed by atoms with E-state index in [0.29, 0.717) is 5.88 Å². The van der Waals surface area contributed by atoms with Gasteiger partial charge in [0.15, 0.2) is 0 Å². The van der Waals surface area contributed by atoms with E-state index in [1.807, 2.05) is 31.2 Å². The van der Waals surface area contributed by atoms with Crippen LogP contribution in [-0.4, -0.2) is 16.7 Å². The van der Waals surface area contributed by atoms with Gasteiger partial charge in [-0.05, 0) is 48.9 Å². The smallest absolute Gasteiger partial charge is 0.129 e. The SMILES string of the molecule is COc1ccc(-n2c(CCl)nc3ccc(Br)cc32)cc1C. The molecule has 0 bridgehead atoms. The van der Waals surface area contributed by atoms with Crippen molar-refractivity contribution >= 4 is 38.6 Å². The van der Waals surface area contributed by atoms with Gasteiger partial charge in [-0.15, -0.1) is 11.6 Å². The van der Waals surface area contributed by atoms with Crippen LogP contribution in [0.4, 0.5) is 0 Å². The van der Waals surface area contributed by atoms with Gasteiger partial charge in [-0.2, -0.15) is 0 Å². The number of fused-ring (bicyclic) bond motifs is 1. The third kappa shape index (κ3) is 2.54. The number of methoxy groups -OCH3 is 1. The van der Waals surface area contributed by atoms with Crippen LogP contribution in [0.15, 0.2) is 40.9 Å². The van der Waals surface area contributed by atoms with Crippen molar-refractivity contribution in [3.8, 4) is 11.4 Å². The largest absolute Gasteiger partial charge is 0.496 e. The molecule has 0 aliphatic heterocycles. The Kier molecular flexibility index (Phi) is 3.91. The quantitative estimate of drug-likeness (QED) is 0.621. The third-order valence-electron chi connectivity index (χ3n) is 3.44. The summed E-state index contributed by atoms with van der Waals surface area (Å²) in [6.07, 6.45) is 0. The van der Waals surface area contributed by atoms with Crippen molar-refractivity contribution in [2.45, 2.75) is 12.8 Å². The summed E-state index contributed by atoms with van der Waals surface area (Å²) in [5.74, 6) is 2.06. The van der Waals surface area contributed by atoms with E-state index in [0.717, 1.165) is 38.3 Å². The molecule has 1 aromatic heterocycles. The summed E-state index contributed by atoms with van der Waals surface area (Å²) in [5, 5.41) is 0. The summed E-state index contributed by atoms with van der Waals surface area (Å²) in [6.45, 7) is 2.03. The zero-order valence-corrected chi connectivity index (χ0v) is 14.1. The number of aromatic nitrogens is 2. The number of hydrogen-bond donors (Lipinski definition) is 0. The topological polar surface area (TPSA) is 27.1 Å². The fraction of sp³-hybridized carbons (Fsp3) is 0.188. The highest BCUT2D eigenvalue weighted by Crippen LogP contribution is 2.28. The van der Waals surface area contributed by atoms with Gasteiger partial charge in [0.1, 0.15) is 11.6 Å². The van der Waals surface area contributed by atoms with E-state index < -0.39 is 0 Å². The summed E-state index contributed by atoms with van der Waals surface area (Å²) >= 11 is 9.59. The average molecular weight is 366 g/mol. The van der Waals surface area contributed by atoms with Crippen LogP contribution >= 0.6 is 27.5 Å². The molecule has 0 saturated carbocycles. The van der Waals surface area contributed by atoms with E-state index in [1.54, 1.807) is 7.11 Å².